The summed E-state index contributed by atoms with van der Waals surface area (Å²) in [4.78, 5) is 10.8. The summed E-state index contributed by atoms with van der Waals surface area (Å²) in [5, 5.41) is 8.88. The first-order valence-corrected chi connectivity index (χ1v) is 5.80. The van der Waals surface area contributed by atoms with Gasteiger partial charge >= 0.3 is 5.97 Å². The summed E-state index contributed by atoms with van der Waals surface area (Å²) in [6.45, 7) is 0. The third kappa shape index (κ3) is 2.76. The van der Waals surface area contributed by atoms with Crippen molar-refractivity contribution in [2.24, 2.45) is 5.73 Å². The molecule has 0 unspecified atom stereocenters. The van der Waals surface area contributed by atoms with Gasteiger partial charge in [0.1, 0.15) is 6.04 Å². The summed E-state index contributed by atoms with van der Waals surface area (Å²) in [6.07, 6.45) is 0.334. The zero-order chi connectivity index (χ0) is 13.0. The van der Waals surface area contributed by atoms with Crippen LogP contribution in [0.3, 0.4) is 0 Å². The third-order valence-corrected chi connectivity index (χ3v) is 2.86. The van der Waals surface area contributed by atoms with Gasteiger partial charge in [0, 0.05) is 0 Å². The molecule has 0 saturated heterocycles. The van der Waals surface area contributed by atoms with E-state index in [1.54, 1.807) is 0 Å². The summed E-state index contributed by atoms with van der Waals surface area (Å²) in [5.74, 6) is -0.974. The quantitative estimate of drug-likeness (QED) is 0.863. The Kier molecular flexibility index (Phi) is 3.75. The number of nitrogens with two attached hydrogens (primary N) is 1. The largest absolute Gasteiger partial charge is 0.480 e. The molecular formula is C15H15NO2. The van der Waals surface area contributed by atoms with Gasteiger partial charge in [-0.25, -0.2) is 0 Å². The Bertz CT molecular complexity index is 537. The average molecular weight is 241 g/mol. The molecule has 3 N–H and O–H groups in total. The number of benzene rings is 2. The Hall–Kier alpha value is -2.13. The lowest BCUT2D eigenvalue weighted by Gasteiger charge is -2.12. The monoisotopic (exact) mass is 241 g/mol. The molecule has 0 spiro atoms. The van der Waals surface area contributed by atoms with Crippen molar-refractivity contribution < 1.29 is 9.90 Å². The molecule has 2 aromatic carbocycles. The van der Waals surface area contributed by atoms with Crippen molar-refractivity contribution in [3.63, 3.8) is 0 Å². The van der Waals surface area contributed by atoms with Crippen LogP contribution in [0.1, 0.15) is 5.56 Å². The molecule has 2 rings (SSSR count). The second-order valence-electron chi connectivity index (χ2n) is 4.17. The van der Waals surface area contributed by atoms with Crippen LogP contribution in [-0.2, 0) is 11.2 Å². The van der Waals surface area contributed by atoms with Crippen LogP contribution in [0.5, 0.6) is 0 Å². The number of aliphatic carboxylic acids is 1. The molecule has 18 heavy (non-hydrogen) atoms. The van der Waals surface area contributed by atoms with Crippen molar-refractivity contribution in [2.45, 2.75) is 12.5 Å². The van der Waals surface area contributed by atoms with Crippen molar-refractivity contribution in [1.82, 2.24) is 0 Å². The molecule has 0 amide bonds. The molecule has 3 nitrogen and oxygen atoms in total. The predicted molar refractivity (Wildman–Crippen MR) is 71.2 cm³/mol. The maximum absolute atomic E-state index is 10.8. The molecule has 0 aromatic heterocycles. The predicted octanol–water partition coefficient (Wildman–Crippen LogP) is 2.31. The van der Waals surface area contributed by atoms with Crippen LogP contribution in [0.2, 0.25) is 0 Å². The van der Waals surface area contributed by atoms with Crippen molar-refractivity contribution in [3.8, 4) is 11.1 Å². The number of carboxylic acid groups (broad SMARTS) is 1. The summed E-state index contributed by atoms with van der Waals surface area (Å²) >= 11 is 0. The Labute approximate surface area is 106 Å². The molecule has 0 saturated carbocycles. The van der Waals surface area contributed by atoms with Gasteiger partial charge in [-0.1, -0.05) is 54.6 Å². The molecule has 0 bridgehead atoms. The topological polar surface area (TPSA) is 63.3 Å². The van der Waals surface area contributed by atoms with Crippen molar-refractivity contribution in [2.75, 3.05) is 0 Å². The van der Waals surface area contributed by atoms with Crippen LogP contribution in [0.4, 0.5) is 0 Å². The van der Waals surface area contributed by atoms with Gasteiger partial charge < -0.3 is 10.8 Å². The SMILES string of the molecule is N[C@H](Cc1ccccc1-c1ccccc1)C(=O)O. The minimum absolute atomic E-state index is 0.334. The summed E-state index contributed by atoms with van der Waals surface area (Å²) in [6, 6.07) is 16.8. The first-order valence-electron chi connectivity index (χ1n) is 5.80. The first-order chi connectivity index (χ1) is 8.68. The zero-order valence-electron chi connectivity index (χ0n) is 9.91. The highest BCUT2D eigenvalue weighted by Gasteiger charge is 2.14. The van der Waals surface area contributed by atoms with Gasteiger partial charge in [0.2, 0.25) is 0 Å². The second-order valence-corrected chi connectivity index (χ2v) is 4.17. The molecule has 0 fully saturated rings. The Morgan fingerprint density at radius 2 is 1.67 bits per heavy atom. The number of hydrogen-bond donors (Lipinski definition) is 2. The number of hydrogen-bond acceptors (Lipinski definition) is 2. The van der Waals surface area contributed by atoms with E-state index in [1.807, 2.05) is 54.6 Å². The fourth-order valence-electron chi connectivity index (χ4n) is 1.92. The van der Waals surface area contributed by atoms with Crippen LogP contribution in [0.15, 0.2) is 54.6 Å². The highest BCUT2D eigenvalue weighted by Crippen LogP contribution is 2.24. The average Bonchev–Trinajstić information content (AvgIpc) is 2.40. The van der Waals surface area contributed by atoms with Crippen molar-refractivity contribution >= 4 is 5.97 Å². The molecule has 0 heterocycles. The second kappa shape index (κ2) is 5.47. The summed E-state index contributed by atoms with van der Waals surface area (Å²) in [7, 11) is 0. The fraction of sp³-hybridized carbons (Fsp3) is 0.133. The highest BCUT2D eigenvalue weighted by molar-refractivity contribution is 5.75. The number of rotatable bonds is 4. The lowest BCUT2D eigenvalue weighted by atomic mass is 9.95. The van der Waals surface area contributed by atoms with Gasteiger partial charge in [-0.3, -0.25) is 4.79 Å². The molecular weight excluding hydrogens is 226 g/mol. The van der Waals surface area contributed by atoms with Gasteiger partial charge in [0.05, 0.1) is 0 Å². The van der Waals surface area contributed by atoms with Gasteiger partial charge in [-0.2, -0.15) is 0 Å². The summed E-state index contributed by atoms with van der Waals surface area (Å²) < 4.78 is 0. The van der Waals surface area contributed by atoms with Gasteiger partial charge in [0.15, 0.2) is 0 Å². The standard InChI is InChI=1S/C15H15NO2/c16-14(15(17)18)10-12-8-4-5-9-13(12)11-6-2-1-3-7-11/h1-9,14H,10,16H2,(H,17,18)/t14-/m1/s1. The molecule has 0 aliphatic carbocycles. The van der Waals surface area contributed by atoms with E-state index in [9.17, 15) is 4.79 Å². The molecule has 0 aliphatic heterocycles. The molecule has 92 valence electrons. The fourth-order valence-corrected chi connectivity index (χ4v) is 1.92. The minimum Gasteiger partial charge on any atom is -0.480 e. The van der Waals surface area contributed by atoms with E-state index < -0.39 is 12.0 Å². The molecule has 0 aliphatic rings. The van der Waals surface area contributed by atoms with Crippen LogP contribution in [0, 0.1) is 0 Å². The molecule has 2 aromatic rings. The summed E-state index contributed by atoms with van der Waals surface area (Å²) in [5.41, 5.74) is 8.66. The Balaban J connectivity index is 2.35. The van der Waals surface area contributed by atoms with E-state index in [-0.39, 0.29) is 0 Å². The lowest BCUT2D eigenvalue weighted by molar-refractivity contribution is -0.138. The van der Waals surface area contributed by atoms with E-state index in [2.05, 4.69) is 0 Å². The van der Waals surface area contributed by atoms with Crippen molar-refractivity contribution in [1.29, 1.82) is 0 Å². The van der Waals surface area contributed by atoms with E-state index in [0.717, 1.165) is 16.7 Å². The maximum Gasteiger partial charge on any atom is 0.320 e. The van der Waals surface area contributed by atoms with Gasteiger partial charge in [-0.15, -0.1) is 0 Å². The van der Waals surface area contributed by atoms with Gasteiger partial charge in [0.25, 0.3) is 0 Å². The Morgan fingerprint density at radius 3 is 2.33 bits per heavy atom. The van der Waals surface area contributed by atoms with E-state index >= 15 is 0 Å². The molecule has 1 atom stereocenters. The van der Waals surface area contributed by atoms with Crippen LogP contribution < -0.4 is 5.73 Å². The zero-order valence-corrected chi connectivity index (χ0v) is 9.91. The molecule has 3 heteroatoms. The van der Waals surface area contributed by atoms with Crippen molar-refractivity contribution in [3.05, 3.63) is 60.2 Å². The third-order valence-electron chi connectivity index (χ3n) is 2.86. The Morgan fingerprint density at radius 1 is 1.06 bits per heavy atom. The van der Waals surface area contributed by atoms with E-state index in [4.69, 9.17) is 10.8 Å². The number of carbonyl (C=O) groups is 1. The van der Waals surface area contributed by atoms with Crippen LogP contribution in [0.25, 0.3) is 11.1 Å². The number of carboxylic acids is 1. The highest BCUT2D eigenvalue weighted by atomic mass is 16.4. The van der Waals surface area contributed by atoms with Crippen LogP contribution >= 0.6 is 0 Å². The smallest absolute Gasteiger partial charge is 0.320 e. The maximum atomic E-state index is 10.8. The lowest BCUT2D eigenvalue weighted by Crippen LogP contribution is -2.32. The minimum atomic E-state index is -0.974. The molecule has 0 radical (unpaired) electrons. The van der Waals surface area contributed by atoms with Gasteiger partial charge in [-0.05, 0) is 23.1 Å². The first kappa shape index (κ1) is 12.3. The van der Waals surface area contributed by atoms with Crippen LogP contribution in [-0.4, -0.2) is 17.1 Å². The van der Waals surface area contributed by atoms with E-state index in [0.29, 0.717) is 6.42 Å². The van der Waals surface area contributed by atoms with E-state index in [1.165, 1.54) is 0 Å². The normalized spacial score (nSPS) is 12.1.